The number of nitrogens with two attached hydrogens (primary N) is 1. The molecule has 3 aromatic rings. The van der Waals surface area contributed by atoms with Gasteiger partial charge < -0.3 is 24.8 Å². The predicted molar refractivity (Wildman–Crippen MR) is 139 cm³/mol. The normalized spacial score (nSPS) is 15.6. The van der Waals surface area contributed by atoms with Crippen LogP contribution in [0.15, 0.2) is 42.6 Å². The van der Waals surface area contributed by atoms with Crippen molar-refractivity contribution < 1.29 is 19.0 Å². The van der Waals surface area contributed by atoms with E-state index in [0.717, 1.165) is 37.9 Å². The van der Waals surface area contributed by atoms with Gasteiger partial charge in [-0.3, -0.25) is 15.6 Å². The summed E-state index contributed by atoms with van der Waals surface area (Å²) in [5, 5.41) is 6.76. The molecule has 1 saturated carbocycles. The minimum atomic E-state index is -0.265. The second-order valence-electron chi connectivity index (χ2n) is 8.95. The van der Waals surface area contributed by atoms with Crippen molar-refractivity contribution in [2.24, 2.45) is 5.73 Å². The maximum atomic E-state index is 12.0. The smallest absolute Gasteiger partial charge is 0.319 e. The Bertz CT molecular complexity index is 1230. The van der Waals surface area contributed by atoms with Crippen LogP contribution in [-0.2, 0) is 0 Å². The van der Waals surface area contributed by atoms with Gasteiger partial charge in [0.25, 0.3) is 0 Å². The van der Waals surface area contributed by atoms with E-state index in [9.17, 15) is 4.79 Å². The van der Waals surface area contributed by atoms with E-state index in [1.165, 1.54) is 12.8 Å². The molecule has 4 N–H and O–H groups in total. The van der Waals surface area contributed by atoms with Crippen LogP contribution >= 0.6 is 11.6 Å². The number of halogens is 1. The summed E-state index contributed by atoms with van der Waals surface area (Å²) in [4.78, 5) is 18.9. The number of urea groups is 1. The van der Waals surface area contributed by atoms with Gasteiger partial charge in [-0.2, -0.15) is 0 Å². The largest absolute Gasteiger partial charge is 0.488 e. The number of carbonyl (C=O) groups is 1. The van der Waals surface area contributed by atoms with Crippen molar-refractivity contribution in [2.75, 3.05) is 38.3 Å². The summed E-state index contributed by atoms with van der Waals surface area (Å²) in [6.07, 6.45) is 6.18. The van der Waals surface area contributed by atoms with Gasteiger partial charge in [-0.25, -0.2) is 4.79 Å². The van der Waals surface area contributed by atoms with Crippen molar-refractivity contribution >= 4 is 34.2 Å². The lowest BCUT2D eigenvalue weighted by molar-refractivity contribution is 0.225. The Kier molecular flexibility index (Phi) is 7.60. The molecule has 1 aliphatic heterocycles. The van der Waals surface area contributed by atoms with E-state index >= 15 is 0 Å². The number of anilines is 1. The molecule has 0 atom stereocenters. The van der Waals surface area contributed by atoms with Crippen LogP contribution in [0.4, 0.5) is 10.5 Å². The van der Waals surface area contributed by atoms with Gasteiger partial charge in [0, 0.05) is 36.3 Å². The molecule has 5 rings (SSSR count). The van der Waals surface area contributed by atoms with Crippen molar-refractivity contribution in [2.45, 2.75) is 31.7 Å². The zero-order valence-corrected chi connectivity index (χ0v) is 20.7. The van der Waals surface area contributed by atoms with Crippen LogP contribution in [0.5, 0.6) is 23.0 Å². The molecule has 1 aliphatic carbocycles. The molecule has 0 spiro atoms. The molecule has 0 unspecified atom stereocenters. The molecule has 36 heavy (non-hydrogen) atoms. The molecule has 2 aliphatic rings. The Morgan fingerprint density at radius 3 is 2.64 bits per heavy atom. The lowest BCUT2D eigenvalue weighted by atomic mass is 10.1. The predicted octanol–water partition coefficient (Wildman–Crippen LogP) is 4.73. The highest BCUT2D eigenvalue weighted by Gasteiger charge is 2.23. The molecule has 9 nitrogen and oxygen atoms in total. The maximum Gasteiger partial charge on any atom is 0.319 e. The maximum absolute atomic E-state index is 12.0. The third-order valence-electron chi connectivity index (χ3n) is 6.20. The van der Waals surface area contributed by atoms with Crippen molar-refractivity contribution in [1.82, 2.24) is 15.2 Å². The summed E-state index contributed by atoms with van der Waals surface area (Å²) in [7, 11) is 0. The van der Waals surface area contributed by atoms with Gasteiger partial charge in [0.2, 0.25) is 0 Å². The molecule has 2 amide bonds. The van der Waals surface area contributed by atoms with Crippen molar-refractivity contribution in [3.63, 3.8) is 0 Å². The Labute approximate surface area is 214 Å². The van der Waals surface area contributed by atoms with Crippen molar-refractivity contribution in [1.29, 1.82) is 0 Å². The van der Waals surface area contributed by atoms with Crippen molar-refractivity contribution in [3.05, 3.63) is 47.6 Å². The first-order valence-corrected chi connectivity index (χ1v) is 12.6. The zero-order valence-electron chi connectivity index (χ0n) is 20.0. The number of nitrogens with zero attached hydrogens (tertiary/aromatic N) is 2. The average Bonchev–Trinajstić information content (AvgIpc) is 3.52. The number of carbonyl (C=O) groups excluding carboxylic acids is 1. The Hall–Kier alpha value is -3.27. The molecule has 2 aromatic carbocycles. The van der Waals surface area contributed by atoms with Gasteiger partial charge in [0.15, 0.2) is 11.5 Å². The fourth-order valence-corrected chi connectivity index (χ4v) is 4.40. The number of benzene rings is 2. The van der Waals surface area contributed by atoms with E-state index in [1.807, 2.05) is 12.1 Å². The molecular formula is C26H30ClN5O4. The van der Waals surface area contributed by atoms with E-state index < -0.39 is 0 Å². The summed E-state index contributed by atoms with van der Waals surface area (Å²) < 4.78 is 17.9. The van der Waals surface area contributed by atoms with Crippen LogP contribution in [0.2, 0.25) is 5.02 Å². The highest BCUT2D eigenvalue weighted by Crippen LogP contribution is 2.38. The number of ether oxygens (including phenoxy) is 3. The number of likely N-dealkylation sites (tertiary alicyclic amines) is 1. The van der Waals surface area contributed by atoms with Crippen LogP contribution in [0.25, 0.3) is 10.9 Å². The highest BCUT2D eigenvalue weighted by atomic mass is 35.5. The van der Waals surface area contributed by atoms with E-state index in [-0.39, 0.29) is 18.8 Å². The van der Waals surface area contributed by atoms with Gasteiger partial charge in [-0.1, -0.05) is 11.6 Å². The van der Waals surface area contributed by atoms with Gasteiger partial charge >= 0.3 is 6.03 Å². The van der Waals surface area contributed by atoms with E-state index in [4.69, 9.17) is 31.5 Å². The quantitative estimate of drug-likeness (QED) is 0.337. The SMILES string of the molecule is NCOc1cc2c(Oc3ccc(NC(=O)NC4CC4)c(Cl)c3)ccnc2cc1OCCN1CCCC1. The molecule has 10 heteroatoms. The molecule has 2 fully saturated rings. The first-order chi connectivity index (χ1) is 17.6. The molecule has 190 valence electrons. The fraction of sp³-hybridized carbons (Fsp3) is 0.385. The monoisotopic (exact) mass is 511 g/mol. The zero-order chi connectivity index (χ0) is 24.9. The topological polar surface area (TPSA) is 111 Å². The number of pyridine rings is 1. The lowest BCUT2D eigenvalue weighted by Crippen LogP contribution is -2.30. The van der Waals surface area contributed by atoms with Gasteiger partial charge in [-0.05, 0) is 63.0 Å². The fourth-order valence-electron chi connectivity index (χ4n) is 4.18. The third kappa shape index (κ3) is 6.10. The van der Waals surface area contributed by atoms with Gasteiger partial charge in [-0.15, -0.1) is 0 Å². The average molecular weight is 512 g/mol. The van der Waals surface area contributed by atoms with Crippen molar-refractivity contribution in [3.8, 4) is 23.0 Å². The Morgan fingerprint density at radius 2 is 1.89 bits per heavy atom. The number of fused-ring (bicyclic) bond motifs is 1. The Balaban J connectivity index is 1.32. The van der Waals surface area contributed by atoms with Gasteiger partial charge in [0.1, 0.15) is 24.8 Å². The molecule has 2 heterocycles. The summed E-state index contributed by atoms with van der Waals surface area (Å²) in [5.41, 5.74) is 6.89. The molecule has 1 aromatic heterocycles. The van der Waals surface area contributed by atoms with Crippen LogP contribution < -0.4 is 30.6 Å². The number of hydrogen-bond acceptors (Lipinski definition) is 7. The number of rotatable bonds is 10. The van der Waals surface area contributed by atoms with E-state index in [1.54, 1.807) is 30.5 Å². The molecular weight excluding hydrogens is 482 g/mol. The first-order valence-electron chi connectivity index (χ1n) is 12.2. The van der Waals surface area contributed by atoms with Crippen LogP contribution in [-0.4, -0.2) is 54.9 Å². The standard InChI is InChI=1S/C26H30ClN5O4/c27-20-13-18(5-6-21(20)31-26(33)30-17-3-4-17)36-23-7-8-29-22-15-25(24(35-16-28)14-19(22)23)34-12-11-32-9-1-2-10-32/h5-8,13-15,17H,1-4,9-12,16,28H2,(H2,30,31,33). The summed E-state index contributed by atoms with van der Waals surface area (Å²) in [5.74, 6) is 2.23. The van der Waals surface area contributed by atoms with E-state index in [0.29, 0.717) is 45.8 Å². The number of nitrogens with one attached hydrogen (secondary N) is 2. The second kappa shape index (κ2) is 11.2. The van der Waals surface area contributed by atoms with E-state index in [2.05, 4.69) is 20.5 Å². The number of amides is 2. The highest BCUT2D eigenvalue weighted by molar-refractivity contribution is 6.33. The summed E-state index contributed by atoms with van der Waals surface area (Å²) in [6, 6.07) is 10.6. The number of aromatic nitrogens is 1. The number of hydrogen-bond donors (Lipinski definition) is 3. The van der Waals surface area contributed by atoms with Crippen LogP contribution in [0.1, 0.15) is 25.7 Å². The van der Waals surface area contributed by atoms with Crippen LogP contribution in [0.3, 0.4) is 0 Å². The molecule has 1 saturated heterocycles. The van der Waals surface area contributed by atoms with Crippen LogP contribution in [0, 0.1) is 0 Å². The summed E-state index contributed by atoms with van der Waals surface area (Å²) in [6.45, 7) is 3.67. The third-order valence-corrected chi connectivity index (χ3v) is 6.51. The minimum Gasteiger partial charge on any atom is -0.488 e. The first kappa shape index (κ1) is 24.4. The minimum absolute atomic E-state index is 0.0167. The molecule has 0 bridgehead atoms. The second-order valence-corrected chi connectivity index (χ2v) is 9.36. The van der Waals surface area contributed by atoms with Gasteiger partial charge in [0.05, 0.1) is 16.2 Å². The lowest BCUT2D eigenvalue weighted by Gasteiger charge is -2.17. The summed E-state index contributed by atoms with van der Waals surface area (Å²) >= 11 is 6.40. The molecule has 0 radical (unpaired) electrons. The Morgan fingerprint density at radius 1 is 1.08 bits per heavy atom.